The smallest absolute Gasteiger partial charge is 0.0934 e. The molecule has 0 saturated heterocycles. The number of benzene rings is 4. The van der Waals surface area contributed by atoms with Crippen molar-refractivity contribution in [3.05, 3.63) is 166 Å². The lowest BCUT2D eigenvalue weighted by atomic mass is 10.1. The molecule has 9 rings (SSSR count). The molecule has 0 bridgehead atoms. The molecule has 0 aliphatic carbocycles. The molecule has 246 valence electrons. The third-order valence-electron chi connectivity index (χ3n) is 8.78. The SMILES string of the molecule is Clc1ccc(-c2ccc(-c3ccc(-c4ccc(-c5ccc(-c6ccc(-c7ccc(-c8ccc(-c9ccc(Cl)s9)cc8)s7)cc6)s5)cc4)s3)cc2)s1. The van der Waals surface area contributed by atoms with E-state index in [2.05, 4.69) is 146 Å². The maximum Gasteiger partial charge on any atom is 0.0934 e. The molecule has 7 heteroatoms. The van der Waals surface area contributed by atoms with E-state index in [1.165, 1.54) is 83.5 Å². The van der Waals surface area contributed by atoms with E-state index in [1.54, 1.807) is 22.7 Å². The van der Waals surface area contributed by atoms with Crippen LogP contribution in [0.2, 0.25) is 8.67 Å². The van der Waals surface area contributed by atoms with Crippen LogP contribution in [0.4, 0.5) is 0 Å². The first-order valence-electron chi connectivity index (χ1n) is 16.3. The molecule has 9 aromatic rings. The quantitative estimate of drug-likeness (QED) is 0.144. The van der Waals surface area contributed by atoms with Gasteiger partial charge in [-0.3, -0.25) is 0 Å². The molecular weight excluding hydrogens is 760 g/mol. The molecule has 0 aliphatic heterocycles. The van der Waals surface area contributed by atoms with Gasteiger partial charge in [-0.25, -0.2) is 0 Å². The van der Waals surface area contributed by atoms with Crippen LogP contribution < -0.4 is 0 Å². The molecule has 4 aromatic carbocycles. The second-order valence-corrected chi connectivity index (χ2v) is 18.7. The Morgan fingerprint density at radius 3 is 0.510 bits per heavy atom. The van der Waals surface area contributed by atoms with Crippen molar-refractivity contribution in [2.45, 2.75) is 0 Å². The topological polar surface area (TPSA) is 0 Å². The van der Waals surface area contributed by atoms with Crippen LogP contribution in [0.5, 0.6) is 0 Å². The van der Waals surface area contributed by atoms with Crippen molar-refractivity contribution in [2.24, 2.45) is 0 Å². The van der Waals surface area contributed by atoms with Gasteiger partial charge in [-0.15, -0.1) is 56.7 Å². The predicted molar refractivity (Wildman–Crippen MR) is 229 cm³/mol. The lowest BCUT2D eigenvalue weighted by Gasteiger charge is -2.03. The van der Waals surface area contributed by atoms with Crippen LogP contribution in [0.15, 0.2) is 158 Å². The van der Waals surface area contributed by atoms with Gasteiger partial charge in [-0.05, 0) is 105 Å². The summed E-state index contributed by atoms with van der Waals surface area (Å²) in [6, 6.07) is 56.9. The van der Waals surface area contributed by atoms with Crippen LogP contribution in [-0.2, 0) is 0 Å². The highest BCUT2D eigenvalue weighted by Gasteiger charge is 2.11. The average Bonchev–Trinajstić information content (AvgIpc) is 4.03. The fourth-order valence-corrected chi connectivity index (χ4v) is 11.2. The summed E-state index contributed by atoms with van der Waals surface area (Å²) < 4.78 is 1.63. The predicted octanol–water partition coefficient (Wildman–Crippen LogP) is 16.6. The van der Waals surface area contributed by atoms with E-state index in [4.69, 9.17) is 23.2 Å². The van der Waals surface area contributed by atoms with Crippen LogP contribution in [0.25, 0.3) is 83.5 Å². The van der Waals surface area contributed by atoms with Gasteiger partial charge >= 0.3 is 0 Å². The van der Waals surface area contributed by atoms with E-state index in [0.29, 0.717) is 0 Å². The molecule has 0 aliphatic rings. The fraction of sp³-hybridized carbons (Fsp3) is 0. The van der Waals surface area contributed by atoms with Crippen molar-refractivity contribution in [1.29, 1.82) is 0 Å². The summed E-state index contributed by atoms with van der Waals surface area (Å²) in [4.78, 5) is 10.0. The zero-order valence-electron chi connectivity index (χ0n) is 26.8. The summed E-state index contributed by atoms with van der Waals surface area (Å²) in [5, 5.41) is 0. The van der Waals surface area contributed by atoms with Gasteiger partial charge in [0.15, 0.2) is 0 Å². The van der Waals surface area contributed by atoms with E-state index in [-0.39, 0.29) is 0 Å². The van der Waals surface area contributed by atoms with Gasteiger partial charge < -0.3 is 0 Å². The monoisotopic (exact) mass is 784 g/mol. The van der Waals surface area contributed by atoms with Gasteiger partial charge in [-0.2, -0.15) is 0 Å². The van der Waals surface area contributed by atoms with Gasteiger partial charge in [-0.1, -0.05) is 120 Å². The van der Waals surface area contributed by atoms with E-state index in [0.717, 1.165) is 8.67 Å². The Hall–Kier alpha value is -4.04. The van der Waals surface area contributed by atoms with Crippen molar-refractivity contribution in [1.82, 2.24) is 0 Å². The minimum Gasteiger partial charge on any atom is -0.135 e. The van der Waals surface area contributed by atoms with E-state index in [9.17, 15) is 0 Å². The fourth-order valence-electron chi connectivity index (χ4n) is 6.08. The Kier molecular flexibility index (Phi) is 9.13. The molecule has 0 amide bonds. The number of rotatable bonds is 8. The first-order chi connectivity index (χ1) is 25.0. The summed E-state index contributed by atoms with van der Waals surface area (Å²) in [5.41, 5.74) is 9.83. The van der Waals surface area contributed by atoms with Crippen molar-refractivity contribution in [2.75, 3.05) is 0 Å². The zero-order chi connectivity index (χ0) is 34.3. The van der Waals surface area contributed by atoms with Crippen LogP contribution >= 0.6 is 79.9 Å². The van der Waals surface area contributed by atoms with Crippen molar-refractivity contribution < 1.29 is 0 Å². The molecule has 0 unspecified atom stereocenters. The normalized spacial score (nSPS) is 11.3. The molecule has 0 atom stereocenters. The standard InChI is InChI=1S/C44H26Cl2S5/c45-43-25-23-41(50-43)33-13-9-31(10-14-33)39-21-19-37(48-39)29-5-1-27(2-6-29)35-17-18-36(47-35)28-3-7-30(8-4-28)38-20-22-40(49-38)32-11-15-34(16-12-32)42-24-26-44(46)51-42/h1-26H. The number of thiophene rings is 5. The average molecular weight is 786 g/mol. The van der Waals surface area contributed by atoms with Crippen LogP contribution in [-0.4, -0.2) is 0 Å². The highest BCUT2D eigenvalue weighted by molar-refractivity contribution is 7.20. The Morgan fingerprint density at radius 2 is 0.353 bits per heavy atom. The van der Waals surface area contributed by atoms with Crippen LogP contribution in [0, 0.1) is 0 Å². The summed E-state index contributed by atoms with van der Waals surface area (Å²) >= 11 is 21.0. The number of hydrogen-bond acceptors (Lipinski definition) is 5. The third-order valence-corrected chi connectivity index (χ3v) is 14.9. The zero-order valence-corrected chi connectivity index (χ0v) is 32.4. The lowest BCUT2D eigenvalue weighted by Crippen LogP contribution is -1.75. The minimum absolute atomic E-state index is 0.817. The highest BCUT2D eigenvalue weighted by Crippen LogP contribution is 2.41. The Labute approximate surface area is 327 Å². The van der Waals surface area contributed by atoms with Crippen molar-refractivity contribution in [3.63, 3.8) is 0 Å². The Morgan fingerprint density at radius 1 is 0.196 bits per heavy atom. The molecule has 5 aromatic heterocycles. The number of halogens is 2. The number of hydrogen-bond donors (Lipinski definition) is 0. The van der Waals surface area contributed by atoms with Gasteiger partial charge in [0.1, 0.15) is 0 Å². The maximum absolute atomic E-state index is 6.14. The molecular formula is C44H26Cl2S5. The van der Waals surface area contributed by atoms with Crippen LogP contribution in [0.1, 0.15) is 0 Å². The van der Waals surface area contributed by atoms with Gasteiger partial charge in [0.25, 0.3) is 0 Å². The maximum atomic E-state index is 6.14. The molecule has 51 heavy (non-hydrogen) atoms. The molecule has 0 radical (unpaired) electrons. The summed E-state index contributed by atoms with van der Waals surface area (Å²) in [5.74, 6) is 0. The highest BCUT2D eigenvalue weighted by atomic mass is 35.5. The summed E-state index contributed by atoms with van der Waals surface area (Å²) in [7, 11) is 0. The third kappa shape index (κ3) is 6.96. The largest absolute Gasteiger partial charge is 0.135 e. The molecule has 0 N–H and O–H groups in total. The van der Waals surface area contributed by atoms with Gasteiger partial charge in [0.05, 0.1) is 8.67 Å². The van der Waals surface area contributed by atoms with E-state index < -0.39 is 0 Å². The lowest BCUT2D eigenvalue weighted by molar-refractivity contribution is 1.68. The summed E-state index contributed by atoms with van der Waals surface area (Å²) in [6.45, 7) is 0. The molecule has 0 fully saturated rings. The molecule has 5 heterocycles. The van der Waals surface area contributed by atoms with E-state index in [1.807, 2.05) is 46.1 Å². The first-order valence-corrected chi connectivity index (χ1v) is 21.1. The molecule has 0 spiro atoms. The molecule has 0 nitrogen and oxygen atoms in total. The van der Waals surface area contributed by atoms with Crippen molar-refractivity contribution in [3.8, 4) is 83.5 Å². The Bertz CT molecular complexity index is 2400. The second kappa shape index (κ2) is 14.2. The van der Waals surface area contributed by atoms with Gasteiger partial charge in [0.2, 0.25) is 0 Å². The Balaban J connectivity index is 0.860. The molecule has 0 saturated carbocycles. The van der Waals surface area contributed by atoms with E-state index >= 15 is 0 Å². The minimum atomic E-state index is 0.817. The summed E-state index contributed by atoms with van der Waals surface area (Å²) in [6.07, 6.45) is 0. The van der Waals surface area contributed by atoms with Crippen molar-refractivity contribution >= 4 is 79.9 Å². The first kappa shape index (κ1) is 32.8. The van der Waals surface area contributed by atoms with Gasteiger partial charge in [0, 0.05) is 39.0 Å². The van der Waals surface area contributed by atoms with Crippen LogP contribution in [0.3, 0.4) is 0 Å². The second-order valence-electron chi connectivity index (χ2n) is 12.0.